The summed E-state index contributed by atoms with van der Waals surface area (Å²) in [6.07, 6.45) is 6.13. The van der Waals surface area contributed by atoms with Crippen molar-refractivity contribution in [3.05, 3.63) is 48.1 Å². The summed E-state index contributed by atoms with van der Waals surface area (Å²) < 4.78 is 0. The molecule has 0 N–H and O–H groups in total. The zero-order chi connectivity index (χ0) is 16.1. The maximum atomic E-state index is 4.09. The Balaban J connectivity index is 5.39. The van der Waals surface area contributed by atoms with Gasteiger partial charge in [0.05, 0.1) is 0 Å². The third-order valence-electron chi connectivity index (χ3n) is 3.05. The molecule has 1 nitrogen and oxygen atoms in total. The van der Waals surface area contributed by atoms with Crippen molar-refractivity contribution in [3.8, 4) is 0 Å². The van der Waals surface area contributed by atoms with Crippen LogP contribution in [0.15, 0.2) is 48.1 Å². The second-order valence-electron chi connectivity index (χ2n) is 7.49. The summed E-state index contributed by atoms with van der Waals surface area (Å²) in [5.41, 5.74) is 3.38. The Labute approximate surface area is 127 Å². The van der Waals surface area contributed by atoms with Gasteiger partial charge in [-0.15, -0.1) is 5.47 Å². The fraction of sp³-hybridized carbons (Fsp3) is 0.556. The fourth-order valence-electron chi connectivity index (χ4n) is 1.70. The molecule has 111 valence electrons. The van der Waals surface area contributed by atoms with Crippen molar-refractivity contribution in [1.29, 1.82) is 0 Å². The topological polar surface area (TPSA) is 3.24 Å². The molecule has 0 aromatic carbocycles. The molecule has 0 bridgehead atoms. The van der Waals surface area contributed by atoms with E-state index in [0.717, 1.165) is 11.1 Å². The van der Waals surface area contributed by atoms with E-state index < -0.39 is 0 Å². The number of hydrogen-bond acceptors (Lipinski definition) is 1. The van der Waals surface area contributed by atoms with E-state index >= 15 is 0 Å². The molecule has 0 amide bonds. The molecular formula is C18H31BN. The van der Waals surface area contributed by atoms with E-state index in [-0.39, 0.29) is 10.9 Å². The van der Waals surface area contributed by atoms with Crippen molar-refractivity contribution in [2.24, 2.45) is 0 Å². The molecule has 0 saturated heterocycles. The molecule has 20 heavy (non-hydrogen) atoms. The molecule has 2 heteroatoms. The summed E-state index contributed by atoms with van der Waals surface area (Å²) in [5, 5.41) is 0.178. The van der Waals surface area contributed by atoms with Gasteiger partial charge in [0.15, 0.2) is 7.28 Å². The van der Waals surface area contributed by atoms with Gasteiger partial charge in [-0.1, -0.05) is 58.3 Å². The van der Waals surface area contributed by atoms with Crippen molar-refractivity contribution in [2.75, 3.05) is 7.05 Å². The van der Waals surface area contributed by atoms with E-state index in [0.29, 0.717) is 0 Å². The van der Waals surface area contributed by atoms with Gasteiger partial charge in [0.2, 0.25) is 0 Å². The summed E-state index contributed by atoms with van der Waals surface area (Å²) in [4.78, 5) is 2.21. The molecule has 0 rings (SSSR count). The smallest absolute Gasteiger partial charge is 0.151 e. The first kappa shape index (κ1) is 18.8. The Bertz CT molecular complexity index is 414. The Morgan fingerprint density at radius 3 is 1.95 bits per heavy atom. The van der Waals surface area contributed by atoms with Crippen LogP contribution in [0.3, 0.4) is 0 Å². The van der Waals surface area contributed by atoms with Crippen LogP contribution in [0.25, 0.3) is 0 Å². The normalized spacial score (nSPS) is 14.0. The Morgan fingerprint density at radius 2 is 1.60 bits per heavy atom. The lowest BCUT2D eigenvalue weighted by molar-refractivity contribution is 0.249. The number of nitrogens with zero attached hydrogens (tertiary/aromatic N) is 1. The van der Waals surface area contributed by atoms with Gasteiger partial charge in [0.1, 0.15) is 0 Å². The monoisotopic (exact) mass is 272 g/mol. The first-order valence-electron chi connectivity index (χ1n) is 7.17. The highest BCUT2D eigenvalue weighted by molar-refractivity contribution is 6.48. The molecule has 0 aromatic heterocycles. The van der Waals surface area contributed by atoms with Crippen LogP contribution in [-0.2, 0) is 0 Å². The van der Waals surface area contributed by atoms with Crippen LogP contribution in [0.1, 0.15) is 48.5 Å². The molecule has 1 radical (unpaired) electrons. The zero-order valence-electron chi connectivity index (χ0n) is 14.7. The lowest BCUT2D eigenvalue weighted by Gasteiger charge is -2.31. The van der Waals surface area contributed by atoms with Gasteiger partial charge in [0, 0.05) is 18.8 Å². The van der Waals surface area contributed by atoms with Crippen LogP contribution in [0.4, 0.5) is 0 Å². The average molecular weight is 272 g/mol. The molecule has 0 aliphatic carbocycles. The molecule has 0 fully saturated rings. The molecule has 0 atom stereocenters. The number of hydrogen-bond donors (Lipinski definition) is 0. The van der Waals surface area contributed by atoms with Crippen molar-refractivity contribution in [1.82, 2.24) is 4.90 Å². The Kier molecular flexibility index (Phi) is 6.60. The molecule has 0 aliphatic heterocycles. The lowest BCUT2D eigenvalue weighted by Crippen LogP contribution is -2.34. The van der Waals surface area contributed by atoms with Gasteiger partial charge in [-0.2, -0.15) is 0 Å². The molecule has 0 unspecified atom stereocenters. The molecule has 0 aromatic rings. The zero-order valence-corrected chi connectivity index (χ0v) is 14.7. The minimum Gasteiger partial charge on any atom is -0.375 e. The van der Waals surface area contributed by atoms with E-state index in [1.54, 1.807) is 0 Å². The van der Waals surface area contributed by atoms with Crippen LogP contribution in [-0.4, -0.2) is 24.8 Å². The van der Waals surface area contributed by atoms with E-state index in [4.69, 9.17) is 0 Å². The third-order valence-corrected chi connectivity index (χ3v) is 3.05. The van der Waals surface area contributed by atoms with Crippen LogP contribution < -0.4 is 0 Å². The second kappa shape index (κ2) is 7.01. The standard InChI is InChI=1S/C18H31BN/c1-11-14(2)16(13-20(10)18(7,8)9)12-15(3)19-17(4,5)6/h11-13H,1-2H2,3-10H3/b15-12+,16-13-. The van der Waals surface area contributed by atoms with Gasteiger partial charge in [-0.3, -0.25) is 0 Å². The fourth-order valence-corrected chi connectivity index (χ4v) is 1.70. The van der Waals surface area contributed by atoms with E-state index in [1.165, 1.54) is 5.47 Å². The van der Waals surface area contributed by atoms with Gasteiger partial charge in [-0.25, -0.2) is 0 Å². The van der Waals surface area contributed by atoms with Crippen molar-refractivity contribution in [3.63, 3.8) is 0 Å². The third kappa shape index (κ3) is 7.42. The van der Waals surface area contributed by atoms with E-state index in [2.05, 4.69) is 93.1 Å². The van der Waals surface area contributed by atoms with Crippen LogP contribution >= 0.6 is 0 Å². The SMILES string of the molecule is C=CC(=C)C(/C=C(\C)[B]C(C)(C)C)=C\N(C)C(C)(C)C. The van der Waals surface area contributed by atoms with Gasteiger partial charge < -0.3 is 4.90 Å². The number of allylic oxidation sites excluding steroid dienone is 5. The second-order valence-corrected chi connectivity index (χ2v) is 7.49. The minimum atomic E-state index is 0.0855. The maximum absolute atomic E-state index is 4.09. The Morgan fingerprint density at radius 1 is 1.10 bits per heavy atom. The summed E-state index contributed by atoms with van der Waals surface area (Å²) in [6.45, 7) is 23.2. The van der Waals surface area contributed by atoms with Gasteiger partial charge in [0.25, 0.3) is 0 Å². The molecular weight excluding hydrogens is 241 g/mol. The largest absolute Gasteiger partial charge is 0.375 e. The predicted molar refractivity (Wildman–Crippen MR) is 94.2 cm³/mol. The van der Waals surface area contributed by atoms with Crippen LogP contribution in [0, 0.1) is 0 Å². The first-order valence-corrected chi connectivity index (χ1v) is 7.17. The van der Waals surface area contributed by atoms with Crippen molar-refractivity contribution in [2.45, 2.75) is 59.3 Å². The van der Waals surface area contributed by atoms with Crippen LogP contribution in [0.2, 0.25) is 5.31 Å². The molecule has 0 spiro atoms. The summed E-state index contributed by atoms with van der Waals surface area (Å²) in [7, 11) is 4.36. The summed E-state index contributed by atoms with van der Waals surface area (Å²) in [6, 6.07) is 0. The van der Waals surface area contributed by atoms with Crippen molar-refractivity contribution < 1.29 is 0 Å². The van der Waals surface area contributed by atoms with Gasteiger partial charge >= 0.3 is 0 Å². The Hall–Kier alpha value is -1.18. The quantitative estimate of drug-likeness (QED) is 0.493. The minimum absolute atomic E-state index is 0.0855. The van der Waals surface area contributed by atoms with E-state index in [1.807, 2.05) is 6.08 Å². The van der Waals surface area contributed by atoms with Crippen LogP contribution in [0.5, 0.6) is 0 Å². The first-order chi connectivity index (χ1) is 8.86. The molecule has 0 saturated carbocycles. The highest BCUT2D eigenvalue weighted by Crippen LogP contribution is 2.25. The highest BCUT2D eigenvalue weighted by Gasteiger charge is 2.16. The summed E-state index contributed by atoms with van der Waals surface area (Å²) >= 11 is 0. The molecule has 0 heterocycles. The molecule has 0 aliphatic rings. The van der Waals surface area contributed by atoms with Crippen molar-refractivity contribution >= 4 is 7.28 Å². The average Bonchev–Trinajstić information content (AvgIpc) is 2.22. The predicted octanol–water partition coefficient (Wildman–Crippen LogP) is 5.17. The summed E-state index contributed by atoms with van der Waals surface area (Å²) in [5.74, 6) is 0. The highest BCUT2D eigenvalue weighted by atomic mass is 15.1. The maximum Gasteiger partial charge on any atom is 0.151 e. The van der Waals surface area contributed by atoms with E-state index in [9.17, 15) is 0 Å². The lowest BCUT2D eigenvalue weighted by atomic mass is 9.51. The number of rotatable bonds is 5. The van der Waals surface area contributed by atoms with Gasteiger partial charge in [-0.05, 0) is 31.9 Å².